The Hall–Kier alpha value is -4.07. The highest BCUT2D eigenvalue weighted by Crippen LogP contribution is 2.32. The summed E-state index contributed by atoms with van der Waals surface area (Å²) >= 11 is 0. The molecule has 2 saturated carbocycles. The molecule has 0 aliphatic heterocycles. The van der Waals surface area contributed by atoms with Crippen molar-refractivity contribution < 1.29 is 24.0 Å². The molecule has 2 aliphatic rings. The van der Waals surface area contributed by atoms with E-state index in [4.69, 9.17) is 0 Å². The lowest BCUT2D eigenvalue weighted by atomic mass is 9.80. The SMILES string of the molecule is Cn1c(C(=O)C[C@@H](CC2CCCCC2)C(=O)N[C@@H](C[C@@H]2CCCC2=O)C(=O)C(=O)NCc2ccccc2)cc2ccccc21. The Labute approximate surface area is 259 Å². The van der Waals surface area contributed by atoms with Gasteiger partial charge in [0.15, 0.2) is 5.78 Å². The van der Waals surface area contributed by atoms with E-state index in [-0.39, 0.29) is 36.9 Å². The lowest BCUT2D eigenvalue weighted by Gasteiger charge is -2.27. The number of amides is 2. The minimum Gasteiger partial charge on any atom is -0.345 e. The second-order valence-electron chi connectivity index (χ2n) is 12.6. The van der Waals surface area contributed by atoms with Crippen LogP contribution in [0.15, 0.2) is 60.7 Å². The summed E-state index contributed by atoms with van der Waals surface area (Å²) in [6.07, 6.45) is 7.86. The van der Waals surface area contributed by atoms with Crippen molar-refractivity contribution in [3.8, 4) is 0 Å². The molecule has 5 rings (SSSR count). The molecule has 1 aromatic heterocycles. The zero-order chi connectivity index (χ0) is 31.1. The molecule has 0 unspecified atom stereocenters. The largest absolute Gasteiger partial charge is 0.345 e. The molecular weight excluding hydrogens is 554 g/mol. The van der Waals surface area contributed by atoms with Gasteiger partial charge < -0.3 is 15.2 Å². The molecule has 44 heavy (non-hydrogen) atoms. The third kappa shape index (κ3) is 7.71. The number of hydrogen-bond acceptors (Lipinski definition) is 5. The summed E-state index contributed by atoms with van der Waals surface area (Å²) in [6.45, 7) is 0.179. The molecule has 8 heteroatoms. The molecule has 2 fully saturated rings. The highest BCUT2D eigenvalue weighted by molar-refractivity contribution is 6.38. The van der Waals surface area contributed by atoms with Gasteiger partial charge in [0.1, 0.15) is 5.78 Å². The number of rotatable bonds is 13. The zero-order valence-electron chi connectivity index (χ0n) is 25.6. The van der Waals surface area contributed by atoms with Crippen LogP contribution in [0.3, 0.4) is 0 Å². The van der Waals surface area contributed by atoms with E-state index in [2.05, 4.69) is 10.6 Å². The van der Waals surface area contributed by atoms with Crippen molar-refractivity contribution in [2.75, 3.05) is 0 Å². The van der Waals surface area contributed by atoms with Gasteiger partial charge in [0.25, 0.3) is 5.91 Å². The van der Waals surface area contributed by atoms with Crippen molar-refractivity contribution >= 4 is 40.1 Å². The number of aromatic nitrogens is 1. The predicted molar refractivity (Wildman–Crippen MR) is 169 cm³/mol. The minimum atomic E-state index is -1.13. The van der Waals surface area contributed by atoms with Crippen molar-refractivity contribution in [3.05, 3.63) is 71.9 Å². The highest BCUT2D eigenvalue weighted by Gasteiger charge is 2.36. The summed E-state index contributed by atoms with van der Waals surface area (Å²) < 4.78 is 1.86. The second-order valence-corrected chi connectivity index (χ2v) is 12.6. The normalized spacial score (nSPS) is 18.6. The molecule has 8 nitrogen and oxygen atoms in total. The minimum absolute atomic E-state index is 0.00989. The van der Waals surface area contributed by atoms with E-state index >= 15 is 0 Å². The first-order valence-corrected chi connectivity index (χ1v) is 16.1. The van der Waals surface area contributed by atoms with Gasteiger partial charge in [-0.25, -0.2) is 0 Å². The Morgan fingerprint density at radius 1 is 0.886 bits per heavy atom. The van der Waals surface area contributed by atoms with Crippen LogP contribution in [-0.2, 0) is 32.8 Å². The van der Waals surface area contributed by atoms with Crippen molar-refractivity contribution in [2.45, 2.75) is 83.2 Å². The number of carbonyl (C=O) groups is 5. The van der Waals surface area contributed by atoms with Gasteiger partial charge in [-0.2, -0.15) is 0 Å². The summed E-state index contributed by atoms with van der Waals surface area (Å²) in [7, 11) is 1.85. The Morgan fingerprint density at radius 2 is 1.61 bits per heavy atom. The van der Waals surface area contributed by atoms with Crippen LogP contribution in [0.25, 0.3) is 10.9 Å². The molecule has 232 valence electrons. The van der Waals surface area contributed by atoms with E-state index in [1.54, 1.807) is 0 Å². The Bertz CT molecular complexity index is 1500. The fourth-order valence-corrected chi connectivity index (χ4v) is 6.96. The fraction of sp³-hybridized carbons (Fsp3) is 0.472. The van der Waals surface area contributed by atoms with Crippen LogP contribution in [0.5, 0.6) is 0 Å². The number of hydrogen-bond donors (Lipinski definition) is 2. The monoisotopic (exact) mass is 597 g/mol. The lowest BCUT2D eigenvalue weighted by molar-refractivity contribution is -0.141. The van der Waals surface area contributed by atoms with E-state index in [0.29, 0.717) is 30.9 Å². The van der Waals surface area contributed by atoms with Gasteiger partial charge in [0, 0.05) is 49.2 Å². The van der Waals surface area contributed by atoms with Crippen molar-refractivity contribution in [1.29, 1.82) is 0 Å². The number of fused-ring (bicyclic) bond motifs is 1. The molecule has 0 radical (unpaired) electrons. The summed E-state index contributed by atoms with van der Waals surface area (Å²) in [4.78, 5) is 66.7. The number of para-hydroxylation sites is 1. The maximum absolute atomic E-state index is 14.0. The topological polar surface area (TPSA) is 114 Å². The number of benzene rings is 2. The Morgan fingerprint density at radius 3 is 2.32 bits per heavy atom. The van der Waals surface area contributed by atoms with Crippen LogP contribution >= 0.6 is 0 Å². The number of Topliss-reactive ketones (excluding diaryl/α,β-unsaturated/α-hetero) is 3. The van der Waals surface area contributed by atoms with E-state index in [1.165, 1.54) is 6.42 Å². The van der Waals surface area contributed by atoms with Gasteiger partial charge in [-0.3, -0.25) is 24.0 Å². The molecular formula is C36H43N3O5. The van der Waals surface area contributed by atoms with Crippen LogP contribution in [-0.4, -0.2) is 39.8 Å². The van der Waals surface area contributed by atoms with Crippen LogP contribution < -0.4 is 10.6 Å². The van der Waals surface area contributed by atoms with Crippen molar-refractivity contribution in [2.24, 2.45) is 24.8 Å². The molecule has 2 aliphatic carbocycles. The first kappa shape index (κ1) is 31.4. The first-order valence-electron chi connectivity index (χ1n) is 16.1. The Kier molecular flexibility index (Phi) is 10.4. The van der Waals surface area contributed by atoms with Gasteiger partial charge in [0.2, 0.25) is 11.7 Å². The lowest BCUT2D eigenvalue weighted by Crippen LogP contribution is -2.50. The molecule has 0 bridgehead atoms. The second kappa shape index (κ2) is 14.6. The van der Waals surface area contributed by atoms with Gasteiger partial charge in [-0.05, 0) is 49.3 Å². The van der Waals surface area contributed by atoms with Crippen LogP contribution in [0.1, 0.15) is 86.7 Å². The van der Waals surface area contributed by atoms with Crippen LogP contribution in [0.2, 0.25) is 0 Å². The summed E-state index contributed by atoms with van der Waals surface area (Å²) in [5, 5.41) is 6.50. The molecule has 3 aromatic rings. The van der Waals surface area contributed by atoms with Gasteiger partial charge in [-0.1, -0.05) is 80.6 Å². The van der Waals surface area contributed by atoms with E-state index in [0.717, 1.165) is 48.6 Å². The van der Waals surface area contributed by atoms with Crippen molar-refractivity contribution in [1.82, 2.24) is 15.2 Å². The van der Waals surface area contributed by atoms with Gasteiger partial charge in [0.05, 0.1) is 11.7 Å². The van der Waals surface area contributed by atoms with Gasteiger partial charge >= 0.3 is 0 Å². The smallest absolute Gasteiger partial charge is 0.289 e. The van der Waals surface area contributed by atoms with Gasteiger partial charge in [-0.15, -0.1) is 0 Å². The van der Waals surface area contributed by atoms with E-state index in [1.807, 2.05) is 72.3 Å². The zero-order valence-corrected chi connectivity index (χ0v) is 25.6. The average molecular weight is 598 g/mol. The van der Waals surface area contributed by atoms with Crippen LogP contribution in [0.4, 0.5) is 0 Å². The maximum Gasteiger partial charge on any atom is 0.289 e. The van der Waals surface area contributed by atoms with Crippen molar-refractivity contribution in [3.63, 3.8) is 0 Å². The number of ketones is 3. The first-order chi connectivity index (χ1) is 21.3. The number of nitrogens with zero attached hydrogens (tertiary/aromatic N) is 1. The predicted octanol–water partition coefficient (Wildman–Crippen LogP) is 5.47. The highest BCUT2D eigenvalue weighted by atomic mass is 16.2. The summed E-state index contributed by atoms with van der Waals surface area (Å²) in [5.74, 6) is -2.72. The molecule has 0 saturated heterocycles. The number of carbonyl (C=O) groups excluding carboxylic acids is 5. The number of nitrogens with one attached hydrogen (secondary N) is 2. The molecule has 1 heterocycles. The Balaban J connectivity index is 1.34. The molecule has 3 atom stereocenters. The maximum atomic E-state index is 14.0. The summed E-state index contributed by atoms with van der Waals surface area (Å²) in [6, 6.07) is 17.8. The molecule has 2 N–H and O–H groups in total. The molecule has 2 amide bonds. The standard InChI is InChI=1S/C36H43N3O5/c1-39-30-17-9-8-15-26(30)21-31(39)33(41)22-28(19-24-11-4-2-5-12-24)35(43)38-29(20-27-16-10-18-32(27)40)34(42)36(44)37-23-25-13-6-3-7-14-25/h3,6-9,13-15,17,21,24,27-29H,2,4-5,10-12,16,18-20,22-23H2,1H3,(H,37,44)(H,38,43)/t27-,28+,29-/m0/s1. The quantitative estimate of drug-likeness (QED) is 0.200. The average Bonchev–Trinajstić information content (AvgIpc) is 3.61. The number of aryl methyl sites for hydroxylation is 1. The van der Waals surface area contributed by atoms with E-state index < -0.39 is 29.6 Å². The van der Waals surface area contributed by atoms with E-state index in [9.17, 15) is 24.0 Å². The third-order valence-electron chi connectivity index (χ3n) is 9.49. The fourth-order valence-electron chi connectivity index (χ4n) is 6.96. The summed E-state index contributed by atoms with van der Waals surface area (Å²) in [5.41, 5.74) is 2.33. The van der Waals surface area contributed by atoms with Crippen LogP contribution in [0, 0.1) is 17.8 Å². The molecule has 2 aromatic carbocycles. The molecule has 0 spiro atoms. The third-order valence-corrected chi connectivity index (χ3v) is 9.49.